The highest BCUT2D eigenvalue weighted by Crippen LogP contribution is 2.17. The van der Waals surface area contributed by atoms with Crippen LogP contribution in [-0.4, -0.2) is 33.4 Å². The molecule has 1 heterocycles. The monoisotopic (exact) mass is 283 g/mol. The zero-order valence-corrected chi connectivity index (χ0v) is 11.0. The van der Waals surface area contributed by atoms with Crippen molar-refractivity contribution in [1.29, 1.82) is 0 Å². The van der Waals surface area contributed by atoms with Crippen molar-refractivity contribution in [3.63, 3.8) is 0 Å². The van der Waals surface area contributed by atoms with Gasteiger partial charge in [0.2, 0.25) is 0 Å². The molecule has 0 spiro atoms. The number of carbonyl (C=O) groups excluding carboxylic acids is 1. The van der Waals surface area contributed by atoms with Crippen LogP contribution in [0.15, 0.2) is 35.7 Å². The van der Waals surface area contributed by atoms with Crippen molar-refractivity contribution in [2.24, 2.45) is 0 Å². The molecule has 0 aromatic heterocycles. The zero-order chi connectivity index (χ0) is 13.9. The van der Waals surface area contributed by atoms with Gasteiger partial charge in [-0.25, -0.2) is 13.2 Å². The number of hydrogen-bond acceptors (Lipinski definition) is 5. The number of sulfone groups is 1. The second-order valence-electron chi connectivity index (χ2n) is 3.97. The molecular formula is C12H13NO5S. The first-order valence-corrected chi connectivity index (χ1v) is 7.23. The first-order valence-electron chi connectivity index (χ1n) is 5.52. The minimum Gasteiger partial charge on any atom is -0.497 e. The van der Waals surface area contributed by atoms with E-state index in [-0.39, 0.29) is 5.75 Å². The predicted molar refractivity (Wildman–Crippen MR) is 68.9 cm³/mol. The van der Waals surface area contributed by atoms with Crippen molar-refractivity contribution in [3.05, 3.63) is 35.7 Å². The Kier molecular flexibility index (Phi) is 3.75. The third kappa shape index (κ3) is 3.72. The lowest BCUT2D eigenvalue weighted by atomic mass is 10.3. The molecule has 0 fully saturated rings. The summed E-state index contributed by atoms with van der Waals surface area (Å²) >= 11 is 0. The predicted octanol–water partition coefficient (Wildman–Crippen LogP) is 1.09. The van der Waals surface area contributed by atoms with E-state index in [4.69, 9.17) is 9.47 Å². The Balaban J connectivity index is 1.89. The molecule has 0 bridgehead atoms. The van der Waals surface area contributed by atoms with Crippen molar-refractivity contribution in [2.75, 3.05) is 12.9 Å². The minimum absolute atomic E-state index is 0.134. The maximum absolute atomic E-state index is 11.5. The number of methoxy groups -OCH3 is 1. The van der Waals surface area contributed by atoms with Gasteiger partial charge >= 0.3 is 6.09 Å². The summed E-state index contributed by atoms with van der Waals surface area (Å²) in [5, 5.41) is 3.54. The van der Waals surface area contributed by atoms with Crippen LogP contribution in [0.1, 0.15) is 0 Å². The van der Waals surface area contributed by atoms with E-state index in [0.717, 1.165) is 5.41 Å². The van der Waals surface area contributed by atoms with Crippen LogP contribution in [0.5, 0.6) is 11.5 Å². The van der Waals surface area contributed by atoms with Crippen molar-refractivity contribution in [3.8, 4) is 11.5 Å². The van der Waals surface area contributed by atoms with Crippen LogP contribution in [0, 0.1) is 0 Å². The molecule has 2 rings (SSSR count). The lowest BCUT2D eigenvalue weighted by Crippen LogP contribution is -2.37. The van der Waals surface area contributed by atoms with E-state index in [1.165, 1.54) is 13.2 Å². The molecule has 1 aliphatic rings. The Morgan fingerprint density at radius 3 is 2.42 bits per heavy atom. The summed E-state index contributed by atoms with van der Waals surface area (Å²) in [5.41, 5.74) is 0. The van der Waals surface area contributed by atoms with Gasteiger partial charge in [0, 0.05) is 5.41 Å². The Labute approximate surface area is 110 Å². The number of ether oxygens (including phenoxy) is 2. The largest absolute Gasteiger partial charge is 0.497 e. The van der Waals surface area contributed by atoms with Crippen molar-refractivity contribution >= 4 is 15.9 Å². The minimum atomic E-state index is -3.19. The van der Waals surface area contributed by atoms with Gasteiger partial charge in [-0.2, -0.15) is 0 Å². The first kappa shape index (κ1) is 13.4. The molecule has 1 N–H and O–H groups in total. The topological polar surface area (TPSA) is 81.7 Å². The first-order chi connectivity index (χ1) is 8.98. The number of hydrogen-bond donors (Lipinski definition) is 1. The SMILES string of the molecule is COc1ccc(OC(=O)NC2C=CS(=O)(=O)C2)cc1. The highest BCUT2D eigenvalue weighted by atomic mass is 32.2. The van der Waals surface area contributed by atoms with Crippen LogP contribution >= 0.6 is 0 Å². The zero-order valence-electron chi connectivity index (χ0n) is 10.2. The van der Waals surface area contributed by atoms with Gasteiger partial charge in [0.25, 0.3) is 0 Å². The lowest BCUT2D eigenvalue weighted by Gasteiger charge is -2.10. The van der Waals surface area contributed by atoms with Crippen LogP contribution in [0.25, 0.3) is 0 Å². The molecule has 1 aromatic rings. The molecule has 0 saturated carbocycles. The quantitative estimate of drug-likeness (QED) is 0.898. The molecule has 7 heteroatoms. The highest BCUT2D eigenvalue weighted by Gasteiger charge is 2.23. The third-order valence-corrected chi connectivity index (χ3v) is 3.90. The van der Waals surface area contributed by atoms with Gasteiger partial charge < -0.3 is 14.8 Å². The molecule has 1 amide bonds. The Bertz CT molecular complexity index is 591. The maximum Gasteiger partial charge on any atom is 0.413 e. The second kappa shape index (κ2) is 5.31. The summed E-state index contributed by atoms with van der Waals surface area (Å²) in [4.78, 5) is 11.5. The van der Waals surface area contributed by atoms with E-state index in [1.54, 1.807) is 24.3 Å². The summed E-state index contributed by atoms with van der Waals surface area (Å²) < 4.78 is 32.3. The molecular weight excluding hydrogens is 270 g/mol. The summed E-state index contributed by atoms with van der Waals surface area (Å²) in [7, 11) is -1.65. The van der Waals surface area contributed by atoms with Gasteiger partial charge in [0.15, 0.2) is 9.84 Å². The normalized spacial score (nSPS) is 19.9. The Hall–Kier alpha value is -2.02. The van der Waals surface area contributed by atoms with Crippen molar-refractivity contribution in [1.82, 2.24) is 5.32 Å². The van der Waals surface area contributed by atoms with E-state index >= 15 is 0 Å². The molecule has 0 aliphatic carbocycles. The van der Waals surface area contributed by atoms with E-state index in [1.807, 2.05) is 0 Å². The van der Waals surface area contributed by atoms with E-state index in [9.17, 15) is 13.2 Å². The summed E-state index contributed by atoms with van der Waals surface area (Å²) in [5.74, 6) is 0.866. The Morgan fingerprint density at radius 1 is 1.26 bits per heavy atom. The van der Waals surface area contributed by atoms with Gasteiger partial charge in [-0.15, -0.1) is 0 Å². The number of carbonyl (C=O) groups is 1. The maximum atomic E-state index is 11.5. The fourth-order valence-electron chi connectivity index (χ4n) is 1.60. The van der Waals surface area contributed by atoms with Crippen molar-refractivity contribution < 1.29 is 22.7 Å². The van der Waals surface area contributed by atoms with Gasteiger partial charge in [-0.3, -0.25) is 0 Å². The summed E-state index contributed by atoms with van der Waals surface area (Å²) in [6, 6.07) is 5.93. The van der Waals surface area contributed by atoms with Crippen LogP contribution in [0.3, 0.4) is 0 Å². The molecule has 1 unspecified atom stereocenters. The van der Waals surface area contributed by atoms with Crippen LogP contribution in [0.2, 0.25) is 0 Å². The van der Waals surface area contributed by atoms with Crippen LogP contribution in [-0.2, 0) is 9.84 Å². The third-order valence-electron chi connectivity index (χ3n) is 2.50. The molecule has 1 aliphatic heterocycles. The average Bonchev–Trinajstić information content (AvgIpc) is 2.69. The lowest BCUT2D eigenvalue weighted by molar-refractivity contribution is 0.199. The smallest absolute Gasteiger partial charge is 0.413 e. The van der Waals surface area contributed by atoms with Gasteiger partial charge in [-0.1, -0.05) is 0 Å². The fraction of sp³-hybridized carbons (Fsp3) is 0.250. The molecule has 19 heavy (non-hydrogen) atoms. The second-order valence-corrected chi connectivity index (χ2v) is 5.91. The molecule has 6 nitrogen and oxygen atoms in total. The molecule has 102 valence electrons. The van der Waals surface area contributed by atoms with Gasteiger partial charge in [-0.05, 0) is 30.3 Å². The standard InChI is InChI=1S/C12H13NO5S/c1-17-10-2-4-11(5-3-10)18-12(14)13-9-6-7-19(15,16)8-9/h2-7,9H,8H2,1H3,(H,13,14). The number of rotatable bonds is 3. The highest BCUT2D eigenvalue weighted by molar-refractivity contribution is 7.94. The Morgan fingerprint density at radius 2 is 1.89 bits per heavy atom. The molecule has 1 aromatic carbocycles. The molecule has 0 radical (unpaired) electrons. The number of nitrogens with one attached hydrogen (secondary N) is 1. The average molecular weight is 283 g/mol. The summed E-state index contributed by atoms with van der Waals surface area (Å²) in [6.45, 7) is 0. The number of amides is 1. The van der Waals surface area contributed by atoms with Gasteiger partial charge in [0.1, 0.15) is 11.5 Å². The van der Waals surface area contributed by atoms with E-state index in [2.05, 4.69) is 5.32 Å². The van der Waals surface area contributed by atoms with Crippen LogP contribution < -0.4 is 14.8 Å². The van der Waals surface area contributed by atoms with Crippen molar-refractivity contribution in [2.45, 2.75) is 6.04 Å². The fourth-order valence-corrected chi connectivity index (χ4v) is 2.83. The molecule has 1 atom stereocenters. The molecule has 0 saturated heterocycles. The van der Waals surface area contributed by atoms with Crippen LogP contribution in [0.4, 0.5) is 4.79 Å². The summed E-state index contributed by atoms with van der Waals surface area (Å²) in [6.07, 6.45) is 0.724. The van der Waals surface area contributed by atoms with E-state index < -0.39 is 22.0 Å². The van der Waals surface area contributed by atoms with Gasteiger partial charge in [0.05, 0.1) is 18.9 Å². The van der Waals surface area contributed by atoms with E-state index in [0.29, 0.717) is 11.5 Å². The number of benzene rings is 1.